The van der Waals surface area contributed by atoms with Gasteiger partial charge in [0.05, 0.1) is 6.20 Å². The van der Waals surface area contributed by atoms with Crippen LogP contribution in [0.4, 0.5) is 4.39 Å². The molecule has 2 rings (SSSR count). The molecule has 1 heterocycles. The van der Waals surface area contributed by atoms with E-state index in [1.54, 1.807) is 0 Å². The molecule has 0 aliphatic carbocycles. The lowest BCUT2D eigenvalue weighted by Gasteiger charge is -1.97. The highest BCUT2D eigenvalue weighted by Crippen LogP contribution is 2.28. The molecule has 3 nitrogen and oxygen atoms in total. The molecule has 0 aliphatic heterocycles. The first-order chi connectivity index (χ1) is 7.56. The Labute approximate surface area is 99.1 Å². The molecule has 0 amide bonds. The molecule has 16 heavy (non-hydrogen) atoms. The number of carbonyl (C=O) groups is 1. The number of hydrogen-bond donors (Lipinski definition) is 1. The summed E-state index contributed by atoms with van der Waals surface area (Å²) in [4.78, 5) is 14.7. The minimum atomic E-state index is -1.05. The molecule has 0 atom stereocenters. The zero-order valence-electron chi connectivity index (χ0n) is 7.78. The zero-order chi connectivity index (χ0) is 11.7. The van der Waals surface area contributed by atoms with Crippen molar-refractivity contribution < 1.29 is 14.3 Å². The van der Waals surface area contributed by atoms with Gasteiger partial charge < -0.3 is 5.11 Å². The molecule has 0 fully saturated rings. The third kappa shape index (κ3) is 2.20. The second-order valence-corrected chi connectivity index (χ2v) is 4.46. The molecule has 0 spiro atoms. The minimum absolute atomic E-state index is 0.107. The van der Waals surface area contributed by atoms with Crippen molar-refractivity contribution in [3.8, 4) is 10.6 Å². The van der Waals surface area contributed by atoms with E-state index < -0.39 is 11.8 Å². The van der Waals surface area contributed by atoms with Crippen LogP contribution < -0.4 is 0 Å². The number of aromatic carboxylic acids is 1. The van der Waals surface area contributed by atoms with Gasteiger partial charge in [-0.25, -0.2) is 14.2 Å². The zero-order valence-corrected chi connectivity index (χ0v) is 9.35. The van der Waals surface area contributed by atoms with Crippen LogP contribution in [0.2, 0.25) is 5.02 Å². The topological polar surface area (TPSA) is 50.2 Å². The van der Waals surface area contributed by atoms with Gasteiger partial charge in [-0.2, -0.15) is 0 Å². The highest BCUT2D eigenvalue weighted by molar-refractivity contribution is 7.16. The SMILES string of the molecule is O=C(O)c1cnc(-c2cc(F)cc(Cl)c2)s1. The molecule has 82 valence electrons. The first kappa shape index (κ1) is 11.0. The number of benzene rings is 1. The molecule has 1 N–H and O–H groups in total. The number of carboxylic acid groups (broad SMARTS) is 1. The van der Waals surface area contributed by atoms with Crippen molar-refractivity contribution in [1.82, 2.24) is 4.98 Å². The number of thiazole rings is 1. The van der Waals surface area contributed by atoms with Crippen LogP contribution in [0.5, 0.6) is 0 Å². The van der Waals surface area contributed by atoms with E-state index in [1.165, 1.54) is 24.4 Å². The fourth-order valence-corrected chi connectivity index (χ4v) is 2.15. The monoisotopic (exact) mass is 257 g/mol. The van der Waals surface area contributed by atoms with E-state index in [0.717, 1.165) is 11.3 Å². The first-order valence-corrected chi connectivity index (χ1v) is 5.41. The predicted molar refractivity (Wildman–Crippen MR) is 59.5 cm³/mol. The molecular formula is C10H5ClFNO2S. The lowest BCUT2D eigenvalue weighted by molar-refractivity contribution is 0.0702. The number of carboxylic acids is 1. The van der Waals surface area contributed by atoms with Crippen molar-refractivity contribution in [2.24, 2.45) is 0 Å². The van der Waals surface area contributed by atoms with Crippen LogP contribution in [0, 0.1) is 5.82 Å². The standard InChI is InChI=1S/C10H5ClFNO2S/c11-6-1-5(2-7(12)3-6)9-13-4-8(16-9)10(14)15/h1-4H,(H,14,15). The van der Waals surface area contributed by atoms with E-state index in [1.807, 2.05) is 0 Å². The van der Waals surface area contributed by atoms with E-state index >= 15 is 0 Å². The van der Waals surface area contributed by atoms with Gasteiger partial charge in [0.2, 0.25) is 0 Å². The van der Waals surface area contributed by atoms with Gasteiger partial charge in [0.15, 0.2) is 0 Å². The third-order valence-electron chi connectivity index (χ3n) is 1.83. The summed E-state index contributed by atoms with van der Waals surface area (Å²) in [7, 11) is 0. The van der Waals surface area contributed by atoms with Crippen molar-refractivity contribution >= 4 is 28.9 Å². The first-order valence-electron chi connectivity index (χ1n) is 4.22. The van der Waals surface area contributed by atoms with E-state index in [2.05, 4.69) is 4.98 Å². The highest BCUT2D eigenvalue weighted by Gasteiger charge is 2.11. The quantitative estimate of drug-likeness (QED) is 0.898. The minimum Gasteiger partial charge on any atom is -0.477 e. The van der Waals surface area contributed by atoms with Gasteiger partial charge in [-0.05, 0) is 18.2 Å². The average Bonchev–Trinajstić information content (AvgIpc) is 2.64. The van der Waals surface area contributed by atoms with Gasteiger partial charge in [0, 0.05) is 10.6 Å². The smallest absolute Gasteiger partial charge is 0.347 e. The van der Waals surface area contributed by atoms with Crippen LogP contribution >= 0.6 is 22.9 Å². The summed E-state index contributed by atoms with van der Waals surface area (Å²) in [5, 5.41) is 9.41. The largest absolute Gasteiger partial charge is 0.477 e. The Hall–Kier alpha value is -1.46. The summed E-state index contributed by atoms with van der Waals surface area (Å²) >= 11 is 6.67. The van der Waals surface area contributed by atoms with Crippen LogP contribution in [-0.2, 0) is 0 Å². The fraction of sp³-hybridized carbons (Fsp3) is 0. The van der Waals surface area contributed by atoms with Crippen molar-refractivity contribution in [1.29, 1.82) is 0 Å². The summed E-state index contributed by atoms with van der Waals surface area (Å²) in [6, 6.07) is 3.97. The predicted octanol–water partition coefficient (Wildman–Crippen LogP) is 3.30. The van der Waals surface area contributed by atoms with E-state index in [0.29, 0.717) is 10.6 Å². The van der Waals surface area contributed by atoms with Gasteiger partial charge in [0.25, 0.3) is 0 Å². The fourth-order valence-electron chi connectivity index (χ4n) is 1.18. The Balaban J connectivity index is 2.46. The van der Waals surface area contributed by atoms with Crippen LogP contribution in [0.15, 0.2) is 24.4 Å². The average molecular weight is 258 g/mol. The number of aromatic nitrogens is 1. The molecule has 0 saturated heterocycles. The van der Waals surface area contributed by atoms with Gasteiger partial charge in [-0.1, -0.05) is 11.6 Å². The normalized spacial score (nSPS) is 10.4. The summed E-state index contributed by atoms with van der Waals surface area (Å²) in [5.74, 6) is -1.53. The third-order valence-corrected chi connectivity index (χ3v) is 3.08. The van der Waals surface area contributed by atoms with Crippen molar-refractivity contribution in [2.75, 3.05) is 0 Å². The van der Waals surface area contributed by atoms with E-state index in [-0.39, 0.29) is 9.90 Å². The maximum absolute atomic E-state index is 13.1. The molecule has 0 aliphatic rings. The highest BCUT2D eigenvalue weighted by atomic mass is 35.5. The number of nitrogens with zero attached hydrogens (tertiary/aromatic N) is 1. The molecule has 1 aromatic heterocycles. The molecule has 0 unspecified atom stereocenters. The Kier molecular flexibility index (Phi) is 2.89. The Morgan fingerprint density at radius 3 is 2.75 bits per heavy atom. The molecule has 6 heteroatoms. The van der Waals surface area contributed by atoms with Crippen molar-refractivity contribution in [3.63, 3.8) is 0 Å². The van der Waals surface area contributed by atoms with Crippen LogP contribution in [-0.4, -0.2) is 16.1 Å². The second kappa shape index (κ2) is 4.19. The van der Waals surface area contributed by atoms with E-state index in [4.69, 9.17) is 16.7 Å². The second-order valence-electron chi connectivity index (χ2n) is 2.99. The molecule has 2 aromatic rings. The van der Waals surface area contributed by atoms with Crippen LogP contribution in [0.3, 0.4) is 0 Å². The molecule has 0 radical (unpaired) electrons. The van der Waals surface area contributed by atoms with Crippen LogP contribution in [0.25, 0.3) is 10.6 Å². The summed E-state index contributed by atoms with van der Waals surface area (Å²) in [6.07, 6.45) is 1.24. The molecule has 1 aromatic carbocycles. The molecule has 0 saturated carbocycles. The Morgan fingerprint density at radius 2 is 2.19 bits per heavy atom. The van der Waals surface area contributed by atoms with Crippen molar-refractivity contribution in [2.45, 2.75) is 0 Å². The summed E-state index contributed by atoms with van der Waals surface area (Å²) in [5.41, 5.74) is 0.475. The van der Waals surface area contributed by atoms with Gasteiger partial charge >= 0.3 is 5.97 Å². The number of hydrogen-bond acceptors (Lipinski definition) is 3. The molecular weight excluding hydrogens is 253 g/mol. The maximum Gasteiger partial charge on any atom is 0.347 e. The lowest BCUT2D eigenvalue weighted by atomic mass is 10.2. The van der Waals surface area contributed by atoms with Gasteiger partial charge in [-0.15, -0.1) is 11.3 Å². The summed E-state index contributed by atoms with van der Waals surface area (Å²) in [6.45, 7) is 0. The number of halogens is 2. The van der Waals surface area contributed by atoms with Crippen LogP contribution in [0.1, 0.15) is 9.67 Å². The van der Waals surface area contributed by atoms with Gasteiger partial charge in [-0.3, -0.25) is 0 Å². The molecule has 0 bridgehead atoms. The summed E-state index contributed by atoms with van der Waals surface area (Å²) < 4.78 is 13.1. The Morgan fingerprint density at radius 1 is 1.44 bits per heavy atom. The van der Waals surface area contributed by atoms with Crippen molar-refractivity contribution in [3.05, 3.63) is 40.1 Å². The Bertz CT molecular complexity index is 535. The van der Waals surface area contributed by atoms with Gasteiger partial charge in [0.1, 0.15) is 15.7 Å². The van der Waals surface area contributed by atoms with E-state index in [9.17, 15) is 9.18 Å². The lowest BCUT2D eigenvalue weighted by Crippen LogP contribution is -1.89. The maximum atomic E-state index is 13.1. The number of rotatable bonds is 2.